The molecular weight excluding hydrogens is 479 g/mol. The van der Waals surface area contributed by atoms with Crippen molar-refractivity contribution in [2.75, 3.05) is 25.0 Å². The molecule has 6 nitrogen and oxygen atoms in total. The Kier molecular flexibility index (Phi) is 6.14. The zero-order valence-corrected chi connectivity index (χ0v) is 21.1. The van der Waals surface area contributed by atoms with Crippen LogP contribution in [0.2, 0.25) is 10.0 Å². The van der Waals surface area contributed by atoms with Crippen LogP contribution in [-0.2, 0) is 6.54 Å². The zero-order valence-electron chi connectivity index (χ0n) is 19.6. The number of H-pyrrole nitrogens is 1. The fourth-order valence-corrected chi connectivity index (χ4v) is 5.35. The Labute approximate surface area is 215 Å². The summed E-state index contributed by atoms with van der Waals surface area (Å²) in [5.74, 6) is 1.19. The van der Waals surface area contributed by atoms with Crippen LogP contribution >= 0.6 is 23.2 Å². The van der Waals surface area contributed by atoms with E-state index in [0.29, 0.717) is 33.6 Å². The maximum Gasteiger partial charge on any atom is 0.227 e. The topological polar surface area (TPSA) is 68.9 Å². The van der Waals surface area contributed by atoms with Crippen molar-refractivity contribution in [2.24, 2.45) is 0 Å². The fourth-order valence-electron chi connectivity index (χ4n) is 4.99. The van der Waals surface area contributed by atoms with E-state index < -0.39 is 0 Å². The first-order chi connectivity index (χ1) is 17.0. The van der Waals surface area contributed by atoms with Crippen LogP contribution in [-0.4, -0.2) is 45.5 Å². The lowest BCUT2D eigenvalue weighted by Crippen LogP contribution is -2.48. The van der Waals surface area contributed by atoms with E-state index in [9.17, 15) is 0 Å². The van der Waals surface area contributed by atoms with E-state index in [1.165, 1.54) is 24.0 Å². The van der Waals surface area contributed by atoms with Crippen molar-refractivity contribution >= 4 is 45.7 Å². The molecule has 6 rings (SSSR count). The zero-order chi connectivity index (χ0) is 23.9. The summed E-state index contributed by atoms with van der Waals surface area (Å²) in [5.41, 5.74) is 6.30. The molecule has 1 aliphatic heterocycles. The van der Waals surface area contributed by atoms with Crippen LogP contribution < -0.4 is 10.6 Å². The molecule has 180 valence electrons. The molecule has 1 aliphatic carbocycles. The number of benzene rings is 2. The van der Waals surface area contributed by atoms with Crippen LogP contribution in [0, 0.1) is 0 Å². The minimum Gasteiger partial charge on any atom is -0.360 e. The van der Waals surface area contributed by atoms with Crippen molar-refractivity contribution in [3.8, 4) is 11.3 Å². The van der Waals surface area contributed by atoms with Crippen LogP contribution in [0.3, 0.4) is 0 Å². The van der Waals surface area contributed by atoms with Gasteiger partial charge in [-0.3, -0.25) is 4.90 Å². The number of aromatic nitrogens is 3. The lowest BCUT2D eigenvalue weighted by molar-refractivity contribution is 0.199. The SMILES string of the molecule is C[C@H]1CN(Cc2cc(Nc3ncc(Cl)c(-c4c[nH]c5cc(Cl)ccc45)n3)cc(C3CC3)c2)CCN1. The summed E-state index contributed by atoms with van der Waals surface area (Å²) in [6.45, 7) is 6.37. The van der Waals surface area contributed by atoms with Crippen LogP contribution in [0.15, 0.2) is 48.8 Å². The van der Waals surface area contributed by atoms with Gasteiger partial charge in [0.2, 0.25) is 5.95 Å². The molecule has 2 aromatic heterocycles. The van der Waals surface area contributed by atoms with Gasteiger partial charge in [-0.25, -0.2) is 9.97 Å². The Morgan fingerprint density at radius 1 is 1.14 bits per heavy atom. The second-order valence-corrected chi connectivity index (χ2v) is 10.6. The van der Waals surface area contributed by atoms with Crippen molar-refractivity contribution in [2.45, 2.75) is 38.3 Å². The second kappa shape index (κ2) is 9.43. The van der Waals surface area contributed by atoms with E-state index in [-0.39, 0.29) is 0 Å². The number of nitrogens with zero attached hydrogens (tertiary/aromatic N) is 3. The molecule has 0 radical (unpaired) electrons. The number of aromatic amines is 1. The quantitative estimate of drug-likeness (QED) is 0.284. The minimum absolute atomic E-state index is 0.506. The van der Waals surface area contributed by atoms with Gasteiger partial charge in [0, 0.05) is 65.6 Å². The number of halogens is 2. The van der Waals surface area contributed by atoms with Crippen molar-refractivity contribution in [1.29, 1.82) is 0 Å². The number of fused-ring (bicyclic) bond motifs is 1. The fraction of sp³-hybridized carbons (Fsp3) is 0.333. The van der Waals surface area contributed by atoms with E-state index in [1.54, 1.807) is 6.20 Å². The van der Waals surface area contributed by atoms with Crippen molar-refractivity contribution in [3.05, 3.63) is 70.0 Å². The first-order valence-corrected chi connectivity index (χ1v) is 12.9. The molecule has 2 aliphatic rings. The van der Waals surface area contributed by atoms with E-state index >= 15 is 0 Å². The molecule has 2 fully saturated rings. The summed E-state index contributed by atoms with van der Waals surface area (Å²) >= 11 is 12.7. The summed E-state index contributed by atoms with van der Waals surface area (Å²) < 4.78 is 0. The highest BCUT2D eigenvalue weighted by Crippen LogP contribution is 2.42. The third-order valence-corrected chi connectivity index (χ3v) is 7.33. The van der Waals surface area contributed by atoms with Crippen molar-refractivity contribution in [1.82, 2.24) is 25.2 Å². The van der Waals surface area contributed by atoms with Gasteiger partial charge in [0.15, 0.2) is 0 Å². The molecule has 8 heteroatoms. The van der Waals surface area contributed by atoms with Gasteiger partial charge in [0.05, 0.1) is 16.9 Å². The Morgan fingerprint density at radius 3 is 2.86 bits per heavy atom. The smallest absolute Gasteiger partial charge is 0.227 e. The van der Waals surface area contributed by atoms with Crippen LogP contribution in [0.5, 0.6) is 0 Å². The lowest BCUT2D eigenvalue weighted by atomic mass is 10.0. The third kappa shape index (κ3) is 5.02. The van der Waals surface area contributed by atoms with Crippen LogP contribution in [0.25, 0.3) is 22.2 Å². The number of hydrogen-bond donors (Lipinski definition) is 3. The Balaban J connectivity index is 1.30. The minimum atomic E-state index is 0.506. The second-order valence-electron chi connectivity index (χ2n) is 9.74. The van der Waals surface area contributed by atoms with E-state index in [0.717, 1.165) is 48.3 Å². The number of anilines is 2. The lowest BCUT2D eigenvalue weighted by Gasteiger charge is -2.32. The van der Waals surface area contributed by atoms with Gasteiger partial charge in [-0.15, -0.1) is 0 Å². The summed E-state index contributed by atoms with van der Waals surface area (Å²) in [5, 5.41) is 9.19. The number of piperazine rings is 1. The monoisotopic (exact) mass is 506 g/mol. The first-order valence-electron chi connectivity index (χ1n) is 12.2. The highest BCUT2D eigenvalue weighted by molar-refractivity contribution is 6.33. The molecule has 3 N–H and O–H groups in total. The molecule has 1 saturated heterocycles. The van der Waals surface area contributed by atoms with Gasteiger partial charge in [0.1, 0.15) is 0 Å². The molecule has 0 unspecified atom stereocenters. The van der Waals surface area contributed by atoms with E-state index in [1.807, 2.05) is 24.4 Å². The number of hydrogen-bond acceptors (Lipinski definition) is 5. The molecule has 1 saturated carbocycles. The van der Waals surface area contributed by atoms with E-state index in [4.69, 9.17) is 28.2 Å². The van der Waals surface area contributed by atoms with Gasteiger partial charge < -0.3 is 15.6 Å². The molecule has 4 aromatic rings. The largest absolute Gasteiger partial charge is 0.360 e. The predicted molar refractivity (Wildman–Crippen MR) is 144 cm³/mol. The maximum atomic E-state index is 6.54. The first kappa shape index (κ1) is 22.8. The summed E-state index contributed by atoms with van der Waals surface area (Å²) in [6.07, 6.45) is 6.10. The number of nitrogens with one attached hydrogen (secondary N) is 3. The highest BCUT2D eigenvalue weighted by atomic mass is 35.5. The molecule has 1 atom stereocenters. The molecule has 0 spiro atoms. The van der Waals surface area contributed by atoms with Crippen LogP contribution in [0.1, 0.15) is 36.8 Å². The van der Waals surface area contributed by atoms with Crippen molar-refractivity contribution < 1.29 is 0 Å². The highest BCUT2D eigenvalue weighted by Gasteiger charge is 2.25. The number of rotatable bonds is 6. The average Bonchev–Trinajstić information content (AvgIpc) is 3.60. The molecule has 3 heterocycles. The average molecular weight is 507 g/mol. The molecule has 0 bridgehead atoms. The molecule has 2 aromatic carbocycles. The van der Waals surface area contributed by atoms with Gasteiger partial charge >= 0.3 is 0 Å². The van der Waals surface area contributed by atoms with Gasteiger partial charge in [-0.2, -0.15) is 0 Å². The summed E-state index contributed by atoms with van der Waals surface area (Å²) in [4.78, 5) is 15.1. The third-order valence-electron chi connectivity index (χ3n) is 6.82. The van der Waals surface area contributed by atoms with Crippen molar-refractivity contribution in [3.63, 3.8) is 0 Å². The molecular formula is C27H28Cl2N6. The van der Waals surface area contributed by atoms with E-state index in [2.05, 4.69) is 50.6 Å². The Bertz CT molecular complexity index is 1380. The normalized spacial score (nSPS) is 18.8. The van der Waals surface area contributed by atoms with Crippen LogP contribution in [0.4, 0.5) is 11.6 Å². The molecule has 0 amide bonds. The standard InChI is InChI=1S/C27H28Cl2N6/c1-16-14-35(7-6-30-16)15-17-8-19(18-2-3-18)10-21(9-17)33-27-32-13-24(29)26(34-27)23-12-31-25-11-20(28)4-5-22(23)25/h4-5,8-13,16,18,30-31H,2-3,6-7,14-15H2,1H3,(H,32,33,34)/t16-/m0/s1. The Hall–Kier alpha value is -2.64. The summed E-state index contributed by atoms with van der Waals surface area (Å²) in [6, 6.07) is 13.1. The molecule has 35 heavy (non-hydrogen) atoms. The summed E-state index contributed by atoms with van der Waals surface area (Å²) in [7, 11) is 0. The van der Waals surface area contributed by atoms with Gasteiger partial charge in [0.25, 0.3) is 0 Å². The van der Waals surface area contributed by atoms with Gasteiger partial charge in [-0.05, 0) is 61.1 Å². The Morgan fingerprint density at radius 2 is 2.03 bits per heavy atom. The maximum absolute atomic E-state index is 6.54. The predicted octanol–water partition coefficient (Wildman–Crippen LogP) is 6.35. The van der Waals surface area contributed by atoms with Gasteiger partial charge in [-0.1, -0.05) is 35.3 Å².